The summed E-state index contributed by atoms with van der Waals surface area (Å²) in [5, 5.41) is 0. The van der Waals surface area contributed by atoms with Crippen molar-refractivity contribution in [3.05, 3.63) is 35.4 Å². The topological polar surface area (TPSA) is 44.8 Å². The van der Waals surface area contributed by atoms with Crippen LogP contribution in [0.4, 0.5) is 0 Å². The van der Waals surface area contributed by atoms with Gasteiger partial charge in [-0.3, -0.25) is 4.89 Å². The molecule has 0 bridgehead atoms. The van der Waals surface area contributed by atoms with Gasteiger partial charge >= 0.3 is 5.97 Å². The Bertz CT molecular complexity index is 372. The van der Waals surface area contributed by atoms with E-state index < -0.39 is 5.97 Å². The van der Waals surface area contributed by atoms with Crippen LogP contribution < -0.4 is 0 Å². The first-order valence-corrected chi connectivity index (χ1v) is 6.63. The predicted molar refractivity (Wildman–Crippen MR) is 72.9 cm³/mol. The van der Waals surface area contributed by atoms with Gasteiger partial charge < -0.3 is 4.74 Å². The van der Waals surface area contributed by atoms with E-state index in [1.165, 1.54) is 5.56 Å². The molecule has 1 atom stereocenters. The van der Waals surface area contributed by atoms with Crippen LogP contribution in [0.5, 0.6) is 0 Å². The Morgan fingerprint density at radius 2 is 1.95 bits per heavy atom. The van der Waals surface area contributed by atoms with E-state index in [9.17, 15) is 4.79 Å². The summed E-state index contributed by atoms with van der Waals surface area (Å²) in [5.41, 5.74) is 1.72. The molecule has 0 fully saturated rings. The van der Waals surface area contributed by atoms with Gasteiger partial charge in [0.25, 0.3) is 0 Å². The standard InChI is InChI=1S/C15H22O4/c1-4-5-13-6-8-14(9-7-13)15(16)19-18-11-10-12(2)17-3/h6-9,12H,4-5,10-11H2,1-3H3. The minimum atomic E-state index is -0.465. The van der Waals surface area contributed by atoms with E-state index in [0.717, 1.165) is 12.8 Å². The number of methoxy groups -OCH3 is 1. The summed E-state index contributed by atoms with van der Waals surface area (Å²) in [4.78, 5) is 21.2. The zero-order valence-electron chi connectivity index (χ0n) is 11.8. The Morgan fingerprint density at radius 1 is 1.26 bits per heavy atom. The molecule has 0 aliphatic carbocycles. The fourth-order valence-corrected chi connectivity index (χ4v) is 1.57. The van der Waals surface area contributed by atoms with Crippen molar-refractivity contribution in [2.75, 3.05) is 13.7 Å². The van der Waals surface area contributed by atoms with E-state index in [0.29, 0.717) is 18.6 Å². The summed E-state index contributed by atoms with van der Waals surface area (Å²) in [6, 6.07) is 7.39. The summed E-state index contributed by atoms with van der Waals surface area (Å²) in [6.07, 6.45) is 2.87. The van der Waals surface area contributed by atoms with Crippen molar-refractivity contribution in [3.63, 3.8) is 0 Å². The third-order valence-electron chi connectivity index (χ3n) is 2.87. The van der Waals surface area contributed by atoms with E-state index in [1.807, 2.05) is 19.1 Å². The normalized spacial score (nSPS) is 12.2. The number of ether oxygens (including phenoxy) is 1. The predicted octanol–water partition coefficient (Wildman–Crippen LogP) is 3.15. The monoisotopic (exact) mass is 266 g/mol. The Balaban J connectivity index is 2.33. The first-order chi connectivity index (χ1) is 9.17. The van der Waals surface area contributed by atoms with Gasteiger partial charge in [-0.05, 0) is 31.0 Å². The number of hydrogen-bond acceptors (Lipinski definition) is 4. The maximum Gasteiger partial charge on any atom is 0.373 e. The van der Waals surface area contributed by atoms with E-state index in [2.05, 4.69) is 6.92 Å². The molecule has 0 radical (unpaired) electrons. The Kier molecular flexibility index (Phi) is 7.15. The van der Waals surface area contributed by atoms with Gasteiger partial charge in [-0.1, -0.05) is 25.5 Å². The smallest absolute Gasteiger partial charge is 0.373 e. The van der Waals surface area contributed by atoms with Crippen molar-refractivity contribution in [2.45, 2.75) is 39.2 Å². The molecule has 0 N–H and O–H groups in total. The van der Waals surface area contributed by atoms with E-state index in [1.54, 1.807) is 19.2 Å². The lowest BCUT2D eigenvalue weighted by Gasteiger charge is -2.08. The molecular formula is C15H22O4. The molecule has 1 aromatic carbocycles. The average molecular weight is 266 g/mol. The zero-order valence-corrected chi connectivity index (χ0v) is 11.8. The van der Waals surface area contributed by atoms with E-state index in [-0.39, 0.29) is 6.10 Å². The Hall–Kier alpha value is -1.39. The van der Waals surface area contributed by atoms with Crippen LogP contribution >= 0.6 is 0 Å². The molecule has 1 unspecified atom stereocenters. The lowest BCUT2D eigenvalue weighted by atomic mass is 10.1. The van der Waals surface area contributed by atoms with Crippen molar-refractivity contribution in [3.8, 4) is 0 Å². The number of carbonyl (C=O) groups excluding carboxylic acids is 1. The molecule has 19 heavy (non-hydrogen) atoms. The summed E-state index contributed by atoms with van der Waals surface area (Å²) in [6.45, 7) is 4.38. The molecule has 0 spiro atoms. The molecule has 0 aliphatic heterocycles. The van der Waals surface area contributed by atoms with Crippen LogP contribution in [0, 0.1) is 0 Å². The summed E-state index contributed by atoms with van der Waals surface area (Å²) >= 11 is 0. The van der Waals surface area contributed by atoms with Crippen LogP contribution in [-0.2, 0) is 20.9 Å². The highest BCUT2D eigenvalue weighted by atomic mass is 17.2. The minimum absolute atomic E-state index is 0.0898. The van der Waals surface area contributed by atoms with Crippen molar-refractivity contribution >= 4 is 5.97 Å². The lowest BCUT2D eigenvalue weighted by Crippen LogP contribution is -2.12. The van der Waals surface area contributed by atoms with Crippen LogP contribution in [0.3, 0.4) is 0 Å². The molecule has 4 heteroatoms. The molecule has 0 amide bonds. The molecule has 1 rings (SSSR count). The second-order valence-electron chi connectivity index (χ2n) is 4.47. The molecule has 0 aliphatic rings. The highest BCUT2D eigenvalue weighted by Gasteiger charge is 2.08. The molecule has 1 aromatic rings. The minimum Gasteiger partial charge on any atom is -0.382 e. The molecule has 0 saturated heterocycles. The fraction of sp³-hybridized carbons (Fsp3) is 0.533. The Morgan fingerprint density at radius 3 is 2.53 bits per heavy atom. The van der Waals surface area contributed by atoms with E-state index >= 15 is 0 Å². The number of aryl methyl sites for hydroxylation is 1. The van der Waals surface area contributed by atoms with Crippen molar-refractivity contribution < 1.29 is 19.3 Å². The van der Waals surface area contributed by atoms with E-state index in [4.69, 9.17) is 14.5 Å². The van der Waals surface area contributed by atoms with Crippen LogP contribution in [0.1, 0.15) is 42.6 Å². The van der Waals surface area contributed by atoms with Gasteiger partial charge in [0.05, 0.1) is 18.3 Å². The van der Waals surface area contributed by atoms with Crippen molar-refractivity contribution in [1.29, 1.82) is 0 Å². The van der Waals surface area contributed by atoms with Crippen LogP contribution in [0.25, 0.3) is 0 Å². The van der Waals surface area contributed by atoms with Gasteiger partial charge in [-0.2, -0.15) is 4.89 Å². The second kappa shape index (κ2) is 8.67. The second-order valence-corrected chi connectivity index (χ2v) is 4.47. The van der Waals surface area contributed by atoms with Gasteiger partial charge in [0.15, 0.2) is 0 Å². The number of carbonyl (C=O) groups is 1. The average Bonchev–Trinajstić information content (AvgIpc) is 2.44. The summed E-state index contributed by atoms with van der Waals surface area (Å²) < 4.78 is 5.06. The van der Waals surface area contributed by atoms with Gasteiger partial charge in [0.2, 0.25) is 0 Å². The molecular weight excluding hydrogens is 244 g/mol. The first kappa shape index (κ1) is 15.7. The number of hydrogen-bond donors (Lipinski definition) is 0. The lowest BCUT2D eigenvalue weighted by molar-refractivity contribution is -0.244. The molecule has 0 heterocycles. The van der Waals surface area contributed by atoms with Crippen LogP contribution in [0.2, 0.25) is 0 Å². The van der Waals surface area contributed by atoms with Gasteiger partial charge in [0.1, 0.15) is 0 Å². The highest BCUT2D eigenvalue weighted by Crippen LogP contribution is 2.08. The molecule has 0 aromatic heterocycles. The number of benzene rings is 1. The fourth-order valence-electron chi connectivity index (χ4n) is 1.57. The van der Waals surface area contributed by atoms with Crippen LogP contribution in [0.15, 0.2) is 24.3 Å². The van der Waals surface area contributed by atoms with Gasteiger partial charge in [-0.15, -0.1) is 0 Å². The van der Waals surface area contributed by atoms with Gasteiger partial charge in [0, 0.05) is 13.5 Å². The third-order valence-corrected chi connectivity index (χ3v) is 2.87. The summed E-state index contributed by atoms with van der Waals surface area (Å²) in [7, 11) is 1.63. The molecule has 0 saturated carbocycles. The maximum absolute atomic E-state index is 11.6. The highest BCUT2D eigenvalue weighted by molar-refractivity contribution is 5.88. The summed E-state index contributed by atoms with van der Waals surface area (Å²) in [5.74, 6) is -0.465. The zero-order chi connectivity index (χ0) is 14.1. The largest absolute Gasteiger partial charge is 0.382 e. The third kappa shape index (κ3) is 5.85. The molecule has 4 nitrogen and oxygen atoms in total. The van der Waals surface area contributed by atoms with Crippen molar-refractivity contribution in [1.82, 2.24) is 0 Å². The van der Waals surface area contributed by atoms with Crippen LogP contribution in [-0.4, -0.2) is 25.8 Å². The van der Waals surface area contributed by atoms with Gasteiger partial charge in [-0.25, -0.2) is 4.79 Å². The van der Waals surface area contributed by atoms with Crippen molar-refractivity contribution in [2.24, 2.45) is 0 Å². The number of rotatable bonds is 8. The SMILES string of the molecule is CCCc1ccc(C(=O)OOCCC(C)OC)cc1. The molecule has 106 valence electrons. The quantitative estimate of drug-likeness (QED) is 0.412. The maximum atomic E-state index is 11.6. The first-order valence-electron chi connectivity index (χ1n) is 6.63. The Labute approximate surface area is 114 Å².